The van der Waals surface area contributed by atoms with Crippen LogP contribution in [-0.4, -0.2) is 28.7 Å². The van der Waals surface area contributed by atoms with Crippen LogP contribution >= 0.6 is 0 Å². The molecule has 1 aromatic carbocycles. The van der Waals surface area contributed by atoms with E-state index in [9.17, 15) is 0 Å². The molecule has 19 heavy (non-hydrogen) atoms. The second kappa shape index (κ2) is 6.68. The number of para-hydroxylation sites is 2. The highest BCUT2D eigenvalue weighted by molar-refractivity contribution is 5.75. The lowest BCUT2D eigenvalue weighted by Gasteiger charge is -2.09. The Balaban J connectivity index is 1.83. The first-order valence-corrected chi connectivity index (χ1v) is 7.09. The summed E-state index contributed by atoms with van der Waals surface area (Å²) in [5, 5.41) is 3.40. The summed E-state index contributed by atoms with van der Waals surface area (Å²) in [7, 11) is 2.09. The van der Waals surface area contributed by atoms with Gasteiger partial charge in [-0.2, -0.15) is 0 Å². The summed E-state index contributed by atoms with van der Waals surface area (Å²) in [6.45, 7) is 4.02. The average Bonchev–Trinajstić information content (AvgIpc) is 2.75. The van der Waals surface area contributed by atoms with Crippen molar-refractivity contribution in [2.75, 3.05) is 13.1 Å². The third-order valence-electron chi connectivity index (χ3n) is 3.56. The molecule has 1 unspecified atom stereocenters. The van der Waals surface area contributed by atoms with E-state index in [-0.39, 0.29) is 6.04 Å². The number of nitrogens with one attached hydrogen (secondary N) is 1. The topological polar surface area (TPSA) is 55.9 Å². The van der Waals surface area contributed by atoms with Gasteiger partial charge in [0.05, 0.1) is 11.0 Å². The normalized spacial score (nSPS) is 13.0. The molecule has 1 atom stereocenters. The van der Waals surface area contributed by atoms with Crippen LogP contribution in [0.4, 0.5) is 0 Å². The van der Waals surface area contributed by atoms with Gasteiger partial charge in [-0.25, -0.2) is 4.98 Å². The molecule has 0 bridgehead atoms. The van der Waals surface area contributed by atoms with E-state index in [1.54, 1.807) is 0 Å². The number of rotatable bonds is 7. The Morgan fingerprint density at radius 3 is 2.89 bits per heavy atom. The lowest BCUT2D eigenvalue weighted by atomic mass is 10.2. The van der Waals surface area contributed by atoms with Gasteiger partial charge in [0.25, 0.3) is 0 Å². The number of hydrogen-bond donors (Lipinski definition) is 2. The Labute approximate surface area is 115 Å². The lowest BCUT2D eigenvalue weighted by Crippen LogP contribution is -2.33. The number of imidazole rings is 1. The maximum atomic E-state index is 5.86. The molecule has 0 fully saturated rings. The first kappa shape index (κ1) is 14.0. The van der Waals surface area contributed by atoms with Gasteiger partial charge in [-0.15, -0.1) is 0 Å². The number of benzene rings is 1. The largest absolute Gasteiger partial charge is 0.331 e. The van der Waals surface area contributed by atoms with Crippen molar-refractivity contribution >= 4 is 11.0 Å². The highest BCUT2D eigenvalue weighted by atomic mass is 15.1. The summed E-state index contributed by atoms with van der Waals surface area (Å²) in [5.74, 6) is 1.16. The van der Waals surface area contributed by atoms with Gasteiger partial charge in [-0.3, -0.25) is 0 Å². The van der Waals surface area contributed by atoms with E-state index in [0.717, 1.165) is 43.7 Å². The Morgan fingerprint density at radius 1 is 1.37 bits per heavy atom. The Bertz CT molecular complexity index is 518. The van der Waals surface area contributed by atoms with Crippen LogP contribution in [0, 0.1) is 0 Å². The van der Waals surface area contributed by atoms with Gasteiger partial charge in [-0.05, 0) is 31.5 Å². The van der Waals surface area contributed by atoms with E-state index in [1.807, 2.05) is 6.07 Å². The molecule has 104 valence electrons. The van der Waals surface area contributed by atoms with Gasteiger partial charge >= 0.3 is 0 Å². The molecule has 2 aromatic rings. The molecule has 2 rings (SSSR count). The maximum Gasteiger partial charge on any atom is 0.109 e. The molecule has 0 saturated carbocycles. The predicted molar refractivity (Wildman–Crippen MR) is 80.2 cm³/mol. The van der Waals surface area contributed by atoms with Crippen molar-refractivity contribution in [3.8, 4) is 0 Å². The number of fused-ring (bicyclic) bond motifs is 1. The van der Waals surface area contributed by atoms with Gasteiger partial charge in [0.1, 0.15) is 5.82 Å². The van der Waals surface area contributed by atoms with Gasteiger partial charge in [0, 0.05) is 26.1 Å². The summed E-state index contributed by atoms with van der Waals surface area (Å²) in [4.78, 5) is 4.67. The zero-order valence-electron chi connectivity index (χ0n) is 11.9. The third kappa shape index (κ3) is 3.55. The van der Waals surface area contributed by atoms with Crippen molar-refractivity contribution in [2.24, 2.45) is 12.8 Å². The van der Waals surface area contributed by atoms with Gasteiger partial charge in [0.2, 0.25) is 0 Å². The fourth-order valence-corrected chi connectivity index (χ4v) is 2.22. The number of nitrogens with two attached hydrogens (primary N) is 1. The molecular formula is C15H24N4. The minimum Gasteiger partial charge on any atom is -0.331 e. The SMILES string of the molecule is CCC(N)CNCCCc1nc2ccccc2n1C. The smallest absolute Gasteiger partial charge is 0.109 e. The van der Waals surface area contributed by atoms with E-state index >= 15 is 0 Å². The van der Waals surface area contributed by atoms with Crippen molar-refractivity contribution in [1.29, 1.82) is 0 Å². The molecule has 1 aromatic heterocycles. The molecule has 3 N–H and O–H groups in total. The zero-order valence-corrected chi connectivity index (χ0v) is 11.9. The lowest BCUT2D eigenvalue weighted by molar-refractivity contribution is 0.549. The van der Waals surface area contributed by atoms with E-state index in [1.165, 1.54) is 5.52 Å². The summed E-state index contributed by atoms with van der Waals surface area (Å²) in [5.41, 5.74) is 8.15. The molecular weight excluding hydrogens is 236 g/mol. The molecule has 0 spiro atoms. The van der Waals surface area contributed by atoms with E-state index in [0.29, 0.717) is 0 Å². The van der Waals surface area contributed by atoms with Gasteiger partial charge in [-0.1, -0.05) is 19.1 Å². The van der Waals surface area contributed by atoms with E-state index < -0.39 is 0 Å². The predicted octanol–water partition coefficient (Wildman–Crippen LogP) is 1.83. The van der Waals surface area contributed by atoms with Crippen LogP contribution in [0.2, 0.25) is 0 Å². The van der Waals surface area contributed by atoms with Crippen LogP contribution in [0.15, 0.2) is 24.3 Å². The van der Waals surface area contributed by atoms with Crippen molar-refractivity contribution < 1.29 is 0 Å². The summed E-state index contributed by atoms with van der Waals surface area (Å²) in [6, 6.07) is 8.55. The van der Waals surface area contributed by atoms with Crippen LogP contribution in [0.1, 0.15) is 25.6 Å². The highest BCUT2D eigenvalue weighted by Crippen LogP contribution is 2.14. The van der Waals surface area contributed by atoms with Gasteiger partial charge < -0.3 is 15.6 Å². The third-order valence-corrected chi connectivity index (χ3v) is 3.56. The summed E-state index contributed by atoms with van der Waals surface area (Å²) >= 11 is 0. The molecule has 0 aliphatic rings. The highest BCUT2D eigenvalue weighted by Gasteiger charge is 2.06. The number of hydrogen-bond acceptors (Lipinski definition) is 3. The van der Waals surface area contributed by atoms with Crippen molar-refractivity contribution in [3.05, 3.63) is 30.1 Å². The second-order valence-electron chi connectivity index (χ2n) is 5.05. The first-order chi connectivity index (χ1) is 9.22. The van der Waals surface area contributed by atoms with Crippen LogP contribution in [0.3, 0.4) is 0 Å². The number of aromatic nitrogens is 2. The van der Waals surface area contributed by atoms with E-state index in [2.05, 4.69) is 47.0 Å². The minimum absolute atomic E-state index is 0.274. The molecule has 0 amide bonds. The molecule has 1 heterocycles. The summed E-state index contributed by atoms with van der Waals surface area (Å²) < 4.78 is 2.19. The quantitative estimate of drug-likeness (QED) is 0.747. The molecule has 4 nitrogen and oxygen atoms in total. The maximum absolute atomic E-state index is 5.86. The molecule has 0 aliphatic heterocycles. The van der Waals surface area contributed by atoms with Crippen LogP contribution in [-0.2, 0) is 13.5 Å². The van der Waals surface area contributed by atoms with E-state index in [4.69, 9.17) is 5.73 Å². The number of nitrogens with zero attached hydrogens (tertiary/aromatic N) is 2. The van der Waals surface area contributed by atoms with Crippen molar-refractivity contribution in [1.82, 2.24) is 14.9 Å². The molecule has 0 aliphatic carbocycles. The molecule has 4 heteroatoms. The second-order valence-corrected chi connectivity index (χ2v) is 5.05. The number of aryl methyl sites for hydroxylation is 2. The fourth-order valence-electron chi connectivity index (χ4n) is 2.22. The Kier molecular flexibility index (Phi) is 4.93. The monoisotopic (exact) mass is 260 g/mol. The van der Waals surface area contributed by atoms with Crippen LogP contribution in [0.5, 0.6) is 0 Å². The standard InChI is InChI=1S/C15H24N4/c1-3-12(16)11-17-10-6-9-15-18-13-7-4-5-8-14(13)19(15)2/h4-5,7-8,12,17H,3,6,9-11,16H2,1-2H3. The Hall–Kier alpha value is -1.39. The molecule has 0 radical (unpaired) electrons. The summed E-state index contributed by atoms with van der Waals surface area (Å²) in [6.07, 6.45) is 3.12. The first-order valence-electron chi connectivity index (χ1n) is 7.09. The minimum atomic E-state index is 0.274. The fraction of sp³-hybridized carbons (Fsp3) is 0.533. The van der Waals surface area contributed by atoms with Crippen molar-refractivity contribution in [3.63, 3.8) is 0 Å². The molecule has 0 saturated heterocycles. The zero-order chi connectivity index (χ0) is 13.7. The van der Waals surface area contributed by atoms with Crippen LogP contribution < -0.4 is 11.1 Å². The van der Waals surface area contributed by atoms with Crippen molar-refractivity contribution in [2.45, 2.75) is 32.2 Å². The van der Waals surface area contributed by atoms with Gasteiger partial charge in [0.15, 0.2) is 0 Å². The van der Waals surface area contributed by atoms with Crippen LogP contribution in [0.25, 0.3) is 11.0 Å². The Morgan fingerprint density at radius 2 is 2.16 bits per heavy atom. The average molecular weight is 260 g/mol.